The largest absolute Gasteiger partial charge is 0.508 e. The van der Waals surface area contributed by atoms with Crippen LogP contribution in [0.3, 0.4) is 0 Å². The van der Waals surface area contributed by atoms with E-state index in [4.69, 9.17) is 0 Å². The zero-order chi connectivity index (χ0) is 10.8. The molecule has 0 amide bonds. The third kappa shape index (κ3) is 3.38. The van der Waals surface area contributed by atoms with Crippen LogP contribution in [-0.2, 0) is 6.42 Å². The number of aryl methyl sites for hydroxylation is 2. The molecule has 1 aromatic carbocycles. The van der Waals surface area contributed by atoms with E-state index < -0.39 is 5.60 Å². The van der Waals surface area contributed by atoms with E-state index in [0.29, 0.717) is 18.6 Å². The molecule has 0 fully saturated rings. The van der Waals surface area contributed by atoms with E-state index in [2.05, 4.69) is 0 Å². The number of aromatic hydroxyl groups is 1. The number of benzene rings is 1. The predicted octanol–water partition coefficient (Wildman–Crippen LogP) is 2.40. The Balaban J connectivity index is 2.72. The Morgan fingerprint density at radius 2 is 1.93 bits per heavy atom. The lowest BCUT2D eigenvalue weighted by Crippen LogP contribution is -2.19. The van der Waals surface area contributed by atoms with E-state index in [0.717, 1.165) is 11.1 Å². The van der Waals surface area contributed by atoms with E-state index in [-0.39, 0.29) is 0 Å². The molecule has 0 heterocycles. The smallest absolute Gasteiger partial charge is 0.118 e. The fourth-order valence-electron chi connectivity index (χ4n) is 1.36. The third-order valence-corrected chi connectivity index (χ3v) is 2.24. The van der Waals surface area contributed by atoms with Crippen molar-refractivity contribution in [1.29, 1.82) is 0 Å². The molecule has 0 saturated heterocycles. The van der Waals surface area contributed by atoms with E-state index in [1.807, 2.05) is 19.1 Å². The number of hydrogen-bond donors (Lipinski definition) is 2. The van der Waals surface area contributed by atoms with Crippen LogP contribution in [0.15, 0.2) is 18.2 Å². The molecular weight excluding hydrogens is 176 g/mol. The van der Waals surface area contributed by atoms with Crippen molar-refractivity contribution in [2.45, 2.75) is 39.2 Å². The first-order valence-corrected chi connectivity index (χ1v) is 4.89. The van der Waals surface area contributed by atoms with Crippen molar-refractivity contribution >= 4 is 0 Å². The second-order valence-corrected chi connectivity index (χ2v) is 4.44. The Labute approximate surface area is 85.2 Å². The molecule has 2 N–H and O–H groups in total. The lowest BCUT2D eigenvalue weighted by atomic mass is 9.97. The summed E-state index contributed by atoms with van der Waals surface area (Å²) in [6.07, 6.45) is 1.36. The van der Waals surface area contributed by atoms with Crippen LogP contribution in [0.1, 0.15) is 31.4 Å². The lowest BCUT2D eigenvalue weighted by molar-refractivity contribution is 0.0712. The molecule has 0 aliphatic rings. The van der Waals surface area contributed by atoms with Crippen LogP contribution in [0.2, 0.25) is 0 Å². The quantitative estimate of drug-likeness (QED) is 0.775. The third-order valence-electron chi connectivity index (χ3n) is 2.24. The molecule has 78 valence electrons. The van der Waals surface area contributed by atoms with Gasteiger partial charge in [0.05, 0.1) is 5.60 Å². The molecule has 0 aromatic heterocycles. The van der Waals surface area contributed by atoms with Gasteiger partial charge in [0.1, 0.15) is 5.75 Å². The van der Waals surface area contributed by atoms with Crippen molar-refractivity contribution in [3.05, 3.63) is 29.3 Å². The summed E-state index contributed by atoms with van der Waals surface area (Å²) < 4.78 is 0. The van der Waals surface area contributed by atoms with Gasteiger partial charge in [0.15, 0.2) is 0 Å². The zero-order valence-electron chi connectivity index (χ0n) is 9.04. The molecule has 0 aliphatic carbocycles. The van der Waals surface area contributed by atoms with Gasteiger partial charge >= 0.3 is 0 Å². The SMILES string of the molecule is Cc1ccc(O)c(CCC(C)(C)O)c1. The first kappa shape index (κ1) is 11.1. The van der Waals surface area contributed by atoms with Gasteiger partial charge in [0, 0.05) is 0 Å². The Hall–Kier alpha value is -1.02. The van der Waals surface area contributed by atoms with Gasteiger partial charge in [-0.2, -0.15) is 0 Å². The molecule has 0 aliphatic heterocycles. The normalized spacial score (nSPS) is 11.7. The van der Waals surface area contributed by atoms with Crippen molar-refractivity contribution in [3.63, 3.8) is 0 Å². The molecule has 2 nitrogen and oxygen atoms in total. The minimum Gasteiger partial charge on any atom is -0.508 e. The summed E-state index contributed by atoms with van der Waals surface area (Å²) in [6.45, 7) is 5.55. The van der Waals surface area contributed by atoms with Crippen LogP contribution in [0, 0.1) is 6.92 Å². The number of hydrogen-bond acceptors (Lipinski definition) is 2. The Kier molecular flexibility index (Phi) is 3.17. The number of rotatable bonds is 3. The Morgan fingerprint density at radius 3 is 2.50 bits per heavy atom. The van der Waals surface area contributed by atoms with Gasteiger partial charge in [-0.1, -0.05) is 17.7 Å². The van der Waals surface area contributed by atoms with Gasteiger partial charge in [-0.3, -0.25) is 0 Å². The van der Waals surface area contributed by atoms with Crippen LogP contribution < -0.4 is 0 Å². The van der Waals surface area contributed by atoms with E-state index in [1.165, 1.54) is 0 Å². The second-order valence-electron chi connectivity index (χ2n) is 4.44. The standard InChI is InChI=1S/C12H18O2/c1-9-4-5-11(13)10(8-9)6-7-12(2,3)14/h4-5,8,13-14H,6-7H2,1-3H3. The molecule has 1 aromatic rings. The Morgan fingerprint density at radius 1 is 1.29 bits per heavy atom. The average Bonchev–Trinajstić information content (AvgIpc) is 2.05. The average molecular weight is 194 g/mol. The van der Waals surface area contributed by atoms with Crippen LogP contribution in [0.5, 0.6) is 5.75 Å². The van der Waals surface area contributed by atoms with Crippen molar-refractivity contribution < 1.29 is 10.2 Å². The minimum atomic E-state index is -0.670. The molecule has 0 atom stereocenters. The highest BCUT2D eigenvalue weighted by Gasteiger charge is 2.13. The Bertz CT molecular complexity index is 311. The summed E-state index contributed by atoms with van der Waals surface area (Å²) in [5.41, 5.74) is 1.37. The number of phenols is 1. The maximum atomic E-state index is 9.56. The molecule has 0 saturated carbocycles. The molecular formula is C12H18O2. The van der Waals surface area contributed by atoms with Crippen LogP contribution in [0.25, 0.3) is 0 Å². The molecule has 0 radical (unpaired) electrons. The lowest BCUT2D eigenvalue weighted by Gasteiger charge is -2.17. The van der Waals surface area contributed by atoms with Gasteiger partial charge in [-0.15, -0.1) is 0 Å². The topological polar surface area (TPSA) is 40.5 Å². The maximum Gasteiger partial charge on any atom is 0.118 e. The fourth-order valence-corrected chi connectivity index (χ4v) is 1.36. The summed E-state index contributed by atoms with van der Waals surface area (Å²) in [6, 6.07) is 5.54. The van der Waals surface area contributed by atoms with Gasteiger partial charge < -0.3 is 10.2 Å². The van der Waals surface area contributed by atoms with Crippen molar-refractivity contribution in [2.75, 3.05) is 0 Å². The highest BCUT2D eigenvalue weighted by Crippen LogP contribution is 2.22. The number of phenolic OH excluding ortho intramolecular Hbond substituents is 1. The van der Waals surface area contributed by atoms with Gasteiger partial charge in [0.25, 0.3) is 0 Å². The first-order chi connectivity index (χ1) is 6.38. The maximum absolute atomic E-state index is 9.56. The second kappa shape index (κ2) is 4.01. The molecule has 0 unspecified atom stereocenters. The molecule has 1 rings (SSSR count). The monoisotopic (exact) mass is 194 g/mol. The number of aliphatic hydroxyl groups is 1. The summed E-state index contributed by atoms with van der Waals surface area (Å²) in [4.78, 5) is 0. The molecule has 0 bridgehead atoms. The minimum absolute atomic E-state index is 0.319. The van der Waals surface area contributed by atoms with Crippen molar-refractivity contribution in [2.24, 2.45) is 0 Å². The summed E-state index contributed by atoms with van der Waals surface area (Å²) in [5.74, 6) is 0.319. The highest BCUT2D eigenvalue weighted by molar-refractivity contribution is 5.35. The van der Waals surface area contributed by atoms with Gasteiger partial charge in [-0.25, -0.2) is 0 Å². The molecule has 14 heavy (non-hydrogen) atoms. The summed E-state index contributed by atoms with van der Waals surface area (Å²) in [5, 5.41) is 19.1. The summed E-state index contributed by atoms with van der Waals surface area (Å²) >= 11 is 0. The predicted molar refractivity (Wildman–Crippen MR) is 57.5 cm³/mol. The highest BCUT2D eigenvalue weighted by atomic mass is 16.3. The van der Waals surface area contributed by atoms with Crippen LogP contribution >= 0.6 is 0 Å². The van der Waals surface area contributed by atoms with Crippen molar-refractivity contribution in [1.82, 2.24) is 0 Å². The van der Waals surface area contributed by atoms with E-state index in [1.54, 1.807) is 19.9 Å². The fraction of sp³-hybridized carbons (Fsp3) is 0.500. The zero-order valence-corrected chi connectivity index (χ0v) is 9.04. The molecule has 2 heteroatoms. The van der Waals surface area contributed by atoms with Gasteiger partial charge in [-0.05, 0) is 45.2 Å². The van der Waals surface area contributed by atoms with E-state index >= 15 is 0 Å². The van der Waals surface area contributed by atoms with E-state index in [9.17, 15) is 10.2 Å². The van der Waals surface area contributed by atoms with Crippen LogP contribution in [-0.4, -0.2) is 15.8 Å². The molecule has 0 spiro atoms. The van der Waals surface area contributed by atoms with Gasteiger partial charge in [0.2, 0.25) is 0 Å². The van der Waals surface area contributed by atoms with Crippen molar-refractivity contribution in [3.8, 4) is 5.75 Å². The summed E-state index contributed by atoms with van der Waals surface area (Å²) in [7, 11) is 0. The first-order valence-electron chi connectivity index (χ1n) is 4.89. The van der Waals surface area contributed by atoms with Crippen LogP contribution in [0.4, 0.5) is 0 Å².